The summed E-state index contributed by atoms with van der Waals surface area (Å²) >= 11 is 0. The third-order valence-electron chi connectivity index (χ3n) is 2.45. The van der Waals surface area contributed by atoms with Gasteiger partial charge in [-0.15, -0.1) is 0 Å². The van der Waals surface area contributed by atoms with Crippen molar-refractivity contribution in [2.24, 2.45) is 11.3 Å². The fourth-order valence-corrected chi connectivity index (χ4v) is 1.16. The zero-order valence-electron chi connectivity index (χ0n) is 7.52. The predicted octanol–water partition coefficient (Wildman–Crippen LogP) is 1.99. The molecule has 0 aromatic heterocycles. The predicted molar refractivity (Wildman–Crippen MR) is 43.1 cm³/mol. The van der Waals surface area contributed by atoms with Crippen molar-refractivity contribution in [3.8, 4) is 0 Å². The van der Waals surface area contributed by atoms with Gasteiger partial charge in [-0.05, 0) is 17.8 Å². The first-order valence-corrected chi connectivity index (χ1v) is 4.22. The molecule has 1 saturated carbocycles. The van der Waals surface area contributed by atoms with Gasteiger partial charge < -0.3 is 4.74 Å². The van der Waals surface area contributed by atoms with Crippen LogP contribution in [0, 0.1) is 11.3 Å². The Morgan fingerprint density at radius 3 is 2.55 bits per heavy atom. The Kier molecular flexibility index (Phi) is 2.21. The average Bonchev–Trinajstić information content (AvgIpc) is 2.54. The summed E-state index contributed by atoms with van der Waals surface area (Å²) in [6.45, 7) is 6.86. The van der Waals surface area contributed by atoms with E-state index in [1.54, 1.807) is 0 Å². The summed E-state index contributed by atoms with van der Waals surface area (Å²) in [7, 11) is 0. The van der Waals surface area contributed by atoms with Gasteiger partial charge in [0, 0.05) is 6.42 Å². The lowest BCUT2D eigenvalue weighted by molar-refractivity contribution is -0.143. The van der Waals surface area contributed by atoms with Gasteiger partial charge >= 0.3 is 5.97 Å². The first-order chi connectivity index (χ1) is 5.06. The van der Waals surface area contributed by atoms with Crippen LogP contribution in [0.3, 0.4) is 0 Å². The monoisotopic (exact) mass is 156 g/mol. The number of carbonyl (C=O) groups excluding carboxylic acids is 1. The second-order valence-electron chi connectivity index (χ2n) is 3.93. The van der Waals surface area contributed by atoms with Crippen LogP contribution in [0.15, 0.2) is 0 Å². The number of carbonyl (C=O) groups is 1. The quantitative estimate of drug-likeness (QED) is 0.584. The van der Waals surface area contributed by atoms with Gasteiger partial charge in [0.05, 0.1) is 6.61 Å². The molecular formula is C9H16O2. The van der Waals surface area contributed by atoms with E-state index in [-0.39, 0.29) is 5.97 Å². The molecule has 0 aromatic carbocycles. The molecule has 0 N–H and O–H groups in total. The summed E-state index contributed by atoms with van der Waals surface area (Å²) in [6.07, 6.45) is 1.69. The molecule has 1 unspecified atom stereocenters. The van der Waals surface area contributed by atoms with Crippen LogP contribution >= 0.6 is 0 Å². The van der Waals surface area contributed by atoms with Gasteiger partial charge in [0.25, 0.3) is 0 Å². The van der Waals surface area contributed by atoms with E-state index < -0.39 is 0 Å². The smallest absolute Gasteiger partial charge is 0.305 e. The van der Waals surface area contributed by atoms with Gasteiger partial charge in [-0.1, -0.05) is 20.8 Å². The Balaban J connectivity index is 2.11. The van der Waals surface area contributed by atoms with Crippen LogP contribution in [0.1, 0.15) is 33.6 Å². The third kappa shape index (κ3) is 2.21. The summed E-state index contributed by atoms with van der Waals surface area (Å²) in [6, 6.07) is 0. The molecule has 0 radical (unpaired) electrons. The lowest BCUT2D eigenvalue weighted by Gasteiger charge is -2.03. The fraction of sp³-hybridized carbons (Fsp3) is 0.889. The minimum absolute atomic E-state index is 0.0762. The van der Waals surface area contributed by atoms with Crippen LogP contribution in [-0.4, -0.2) is 12.6 Å². The van der Waals surface area contributed by atoms with E-state index in [2.05, 4.69) is 13.8 Å². The maximum Gasteiger partial charge on any atom is 0.305 e. The highest BCUT2D eigenvalue weighted by atomic mass is 16.5. The van der Waals surface area contributed by atoms with E-state index >= 15 is 0 Å². The van der Waals surface area contributed by atoms with Crippen molar-refractivity contribution in [2.45, 2.75) is 33.6 Å². The molecule has 0 heterocycles. The van der Waals surface area contributed by atoms with Crippen molar-refractivity contribution in [1.82, 2.24) is 0 Å². The number of hydrogen-bond donors (Lipinski definition) is 0. The minimum Gasteiger partial charge on any atom is -0.465 e. The summed E-state index contributed by atoms with van der Waals surface area (Å²) in [5.41, 5.74) is 0.425. The maximum absolute atomic E-state index is 10.7. The van der Waals surface area contributed by atoms with Crippen molar-refractivity contribution in [2.75, 3.05) is 6.61 Å². The molecular weight excluding hydrogens is 140 g/mol. The molecule has 0 spiro atoms. The molecule has 1 atom stereocenters. The molecule has 0 saturated heterocycles. The van der Waals surface area contributed by atoms with Gasteiger partial charge in [-0.2, -0.15) is 0 Å². The highest BCUT2D eigenvalue weighted by Crippen LogP contribution is 2.51. The molecule has 1 aliphatic carbocycles. The second kappa shape index (κ2) is 2.84. The van der Waals surface area contributed by atoms with Gasteiger partial charge in [0.1, 0.15) is 0 Å². The Morgan fingerprint density at radius 2 is 2.18 bits per heavy atom. The average molecular weight is 156 g/mol. The van der Waals surface area contributed by atoms with Crippen LogP contribution in [0.5, 0.6) is 0 Å². The topological polar surface area (TPSA) is 26.3 Å². The number of esters is 1. The SMILES string of the molecule is CCC(=O)OCC1CC1(C)C. The zero-order valence-corrected chi connectivity index (χ0v) is 7.52. The minimum atomic E-state index is -0.0762. The van der Waals surface area contributed by atoms with Crippen molar-refractivity contribution < 1.29 is 9.53 Å². The van der Waals surface area contributed by atoms with Crippen LogP contribution in [0.25, 0.3) is 0 Å². The Morgan fingerprint density at radius 1 is 1.64 bits per heavy atom. The first kappa shape index (κ1) is 8.57. The molecule has 0 bridgehead atoms. The van der Waals surface area contributed by atoms with E-state index in [0.29, 0.717) is 24.4 Å². The van der Waals surface area contributed by atoms with Crippen molar-refractivity contribution in [3.05, 3.63) is 0 Å². The summed E-state index contributed by atoms with van der Waals surface area (Å²) < 4.78 is 5.01. The molecule has 0 aromatic rings. The van der Waals surface area contributed by atoms with Crippen molar-refractivity contribution >= 4 is 5.97 Å². The molecule has 0 aliphatic heterocycles. The molecule has 2 nitrogen and oxygen atoms in total. The summed E-state index contributed by atoms with van der Waals surface area (Å²) in [5.74, 6) is 0.533. The van der Waals surface area contributed by atoms with Gasteiger partial charge in [-0.25, -0.2) is 0 Å². The van der Waals surface area contributed by atoms with Crippen LogP contribution < -0.4 is 0 Å². The fourth-order valence-electron chi connectivity index (χ4n) is 1.16. The number of hydrogen-bond acceptors (Lipinski definition) is 2. The molecule has 2 heteroatoms. The van der Waals surface area contributed by atoms with Crippen LogP contribution in [0.2, 0.25) is 0 Å². The zero-order chi connectivity index (χ0) is 8.48. The highest BCUT2D eigenvalue weighted by Gasteiger charge is 2.46. The van der Waals surface area contributed by atoms with E-state index in [0.717, 1.165) is 0 Å². The van der Waals surface area contributed by atoms with E-state index in [1.807, 2.05) is 6.92 Å². The highest BCUT2D eigenvalue weighted by molar-refractivity contribution is 5.68. The number of rotatable bonds is 3. The lowest BCUT2D eigenvalue weighted by Crippen LogP contribution is -2.07. The van der Waals surface area contributed by atoms with Crippen molar-refractivity contribution in [3.63, 3.8) is 0 Å². The third-order valence-corrected chi connectivity index (χ3v) is 2.45. The van der Waals surface area contributed by atoms with Crippen molar-refractivity contribution in [1.29, 1.82) is 0 Å². The van der Waals surface area contributed by atoms with Crippen LogP contribution in [-0.2, 0) is 9.53 Å². The number of ether oxygens (including phenoxy) is 1. The summed E-state index contributed by atoms with van der Waals surface area (Å²) in [5, 5.41) is 0. The molecule has 11 heavy (non-hydrogen) atoms. The standard InChI is InChI=1S/C9H16O2/c1-4-8(10)11-6-7-5-9(7,2)3/h7H,4-6H2,1-3H3. The normalized spacial score (nSPS) is 26.3. The molecule has 0 amide bonds. The van der Waals surface area contributed by atoms with Gasteiger partial charge in [0.15, 0.2) is 0 Å². The second-order valence-corrected chi connectivity index (χ2v) is 3.93. The van der Waals surface area contributed by atoms with E-state index in [1.165, 1.54) is 6.42 Å². The lowest BCUT2D eigenvalue weighted by atomic mass is 10.1. The van der Waals surface area contributed by atoms with E-state index in [9.17, 15) is 4.79 Å². The Labute approximate surface area is 67.9 Å². The van der Waals surface area contributed by atoms with Crippen LogP contribution in [0.4, 0.5) is 0 Å². The molecule has 1 rings (SSSR count). The largest absolute Gasteiger partial charge is 0.465 e. The first-order valence-electron chi connectivity index (χ1n) is 4.22. The Hall–Kier alpha value is -0.530. The molecule has 1 aliphatic rings. The molecule has 64 valence electrons. The van der Waals surface area contributed by atoms with Gasteiger partial charge in [-0.3, -0.25) is 4.79 Å². The molecule has 1 fully saturated rings. The Bertz CT molecular complexity index is 161. The van der Waals surface area contributed by atoms with Gasteiger partial charge in [0.2, 0.25) is 0 Å². The van der Waals surface area contributed by atoms with E-state index in [4.69, 9.17) is 4.74 Å². The maximum atomic E-state index is 10.7. The summed E-state index contributed by atoms with van der Waals surface area (Å²) in [4.78, 5) is 10.7.